The fraction of sp³-hybridized carbons (Fsp3) is 0.619. The second kappa shape index (κ2) is 6.73. The fourth-order valence-electron chi connectivity index (χ4n) is 5.09. The molecule has 2 saturated heterocycles. The van der Waals surface area contributed by atoms with Crippen LogP contribution in [0.1, 0.15) is 44.1 Å². The number of carbonyl (C=O) groups is 2. The minimum atomic E-state index is -0.542. The first-order valence-electron chi connectivity index (χ1n) is 9.86. The number of likely N-dealkylation sites (tertiary alicyclic amines) is 1. The number of hydrogen-bond acceptors (Lipinski definition) is 4. The highest BCUT2D eigenvalue weighted by molar-refractivity contribution is 5.89. The van der Waals surface area contributed by atoms with Crippen molar-refractivity contribution >= 4 is 12.0 Å². The molecule has 4 rings (SSSR count). The number of amides is 2. The third kappa shape index (κ3) is 3.05. The van der Waals surface area contributed by atoms with E-state index in [2.05, 4.69) is 0 Å². The Morgan fingerprint density at radius 3 is 2.37 bits per heavy atom. The number of likely N-dealkylation sites (N-methyl/N-ethyl adjacent to an activating group) is 1. The lowest BCUT2D eigenvalue weighted by Crippen LogP contribution is -2.56. The average molecular weight is 372 g/mol. The van der Waals surface area contributed by atoms with E-state index in [9.17, 15) is 9.59 Å². The van der Waals surface area contributed by atoms with Crippen LogP contribution in [0.15, 0.2) is 24.3 Å². The summed E-state index contributed by atoms with van der Waals surface area (Å²) in [6.45, 7) is 1.80. The quantitative estimate of drug-likeness (QED) is 0.819. The zero-order chi connectivity index (χ0) is 19.1. The van der Waals surface area contributed by atoms with Gasteiger partial charge in [0.15, 0.2) is 0 Å². The molecule has 1 saturated carbocycles. The van der Waals surface area contributed by atoms with Crippen molar-refractivity contribution in [3.63, 3.8) is 0 Å². The lowest BCUT2D eigenvalue weighted by Gasteiger charge is -2.42. The van der Waals surface area contributed by atoms with Crippen molar-refractivity contribution in [2.45, 2.75) is 49.5 Å². The summed E-state index contributed by atoms with van der Waals surface area (Å²) >= 11 is 0. The van der Waals surface area contributed by atoms with Crippen LogP contribution in [0, 0.1) is 0 Å². The Balaban J connectivity index is 1.59. The second-order valence-corrected chi connectivity index (χ2v) is 8.26. The van der Waals surface area contributed by atoms with Crippen LogP contribution in [-0.2, 0) is 14.9 Å². The molecule has 0 N–H and O–H groups in total. The highest BCUT2D eigenvalue weighted by atomic mass is 16.6. The van der Waals surface area contributed by atoms with Gasteiger partial charge in [0.2, 0.25) is 5.91 Å². The second-order valence-electron chi connectivity index (χ2n) is 8.26. The van der Waals surface area contributed by atoms with Crippen molar-refractivity contribution in [2.24, 2.45) is 0 Å². The van der Waals surface area contributed by atoms with Gasteiger partial charge in [0.1, 0.15) is 11.4 Å². The molecule has 27 heavy (non-hydrogen) atoms. The molecule has 1 atom stereocenters. The predicted octanol–water partition coefficient (Wildman–Crippen LogP) is 2.95. The molecule has 1 spiro atoms. The molecule has 6 heteroatoms. The van der Waals surface area contributed by atoms with E-state index in [4.69, 9.17) is 9.47 Å². The number of piperidine rings is 1. The summed E-state index contributed by atoms with van der Waals surface area (Å²) in [6.07, 6.45) is 5.29. The number of ether oxygens (including phenoxy) is 2. The Bertz CT molecular complexity index is 726. The van der Waals surface area contributed by atoms with Gasteiger partial charge in [-0.25, -0.2) is 4.79 Å². The fourth-order valence-corrected chi connectivity index (χ4v) is 5.09. The molecular formula is C21H28N2O4. The van der Waals surface area contributed by atoms with Gasteiger partial charge in [0, 0.05) is 13.6 Å². The van der Waals surface area contributed by atoms with Gasteiger partial charge < -0.3 is 19.3 Å². The molecule has 0 radical (unpaired) electrons. The number of nitrogens with zero attached hydrogens (tertiary/aromatic N) is 2. The molecule has 2 aliphatic heterocycles. The summed E-state index contributed by atoms with van der Waals surface area (Å²) in [4.78, 5) is 29.2. The Morgan fingerprint density at radius 1 is 1.07 bits per heavy atom. The number of benzene rings is 1. The highest BCUT2D eigenvalue weighted by Crippen LogP contribution is 2.44. The molecule has 2 amide bonds. The van der Waals surface area contributed by atoms with E-state index < -0.39 is 11.0 Å². The van der Waals surface area contributed by atoms with E-state index in [0.717, 1.165) is 56.4 Å². The first-order valence-corrected chi connectivity index (χ1v) is 9.86. The van der Waals surface area contributed by atoms with Gasteiger partial charge >= 0.3 is 6.09 Å². The van der Waals surface area contributed by atoms with Crippen molar-refractivity contribution in [2.75, 3.05) is 33.8 Å². The van der Waals surface area contributed by atoms with Crippen LogP contribution in [0.3, 0.4) is 0 Å². The number of hydrogen-bond donors (Lipinski definition) is 0. The smallest absolute Gasteiger partial charge is 0.410 e. The number of rotatable bonds is 3. The van der Waals surface area contributed by atoms with Gasteiger partial charge in [0.25, 0.3) is 0 Å². The van der Waals surface area contributed by atoms with Crippen LogP contribution in [-0.4, -0.2) is 61.2 Å². The van der Waals surface area contributed by atoms with Gasteiger partial charge in [-0.3, -0.25) is 4.79 Å². The van der Waals surface area contributed by atoms with Crippen LogP contribution in [0.2, 0.25) is 0 Å². The van der Waals surface area contributed by atoms with Gasteiger partial charge in [0.05, 0.1) is 25.6 Å². The molecule has 0 aromatic heterocycles. The third-order valence-corrected chi connectivity index (χ3v) is 6.48. The summed E-state index contributed by atoms with van der Waals surface area (Å²) in [5.74, 6) is 0.993. The molecule has 3 fully saturated rings. The van der Waals surface area contributed by atoms with Gasteiger partial charge in [-0.1, -0.05) is 25.0 Å². The maximum atomic E-state index is 13.7. The average Bonchev–Trinajstić information content (AvgIpc) is 3.27. The molecule has 0 unspecified atom stereocenters. The van der Waals surface area contributed by atoms with Crippen LogP contribution in [0.4, 0.5) is 4.79 Å². The summed E-state index contributed by atoms with van der Waals surface area (Å²) in [5, 5.41) is 0. The van der Waals surface area contributed by atoms with Crippen molar-refractivity contribution in [3.8, 4) is 5.75 Å². The van der Waals surface area contributed by atoms with Crippen molar-refractivity contribution in [1.82, 2.24) is 9.80 Å². The Kier molecular flexibility index (Phi) is 4.52. The monoisotopic (exact) mass is 372 g/mol. The molecule has 146 valence electrons. The molecule has 1 aliphatic carbocycles. The molecular weight excluding hydrogens is 344 g/mol. The summed E-state index contributed by atoms with van der Waals surface area (Å²) in [7, 11) is 3.41. The zero-order valence-corrected chi connectivity index (χ0v) is 16.2. The van der Waals surface area contributed by atoms with Crippen LogP contribution < -0.4 is 4.74 Å². The number of carbonyl (C=O) groups excluding carboxylic acids is 2. The summed E-state index contributed by atoms with van der Waals surface area (Å²) in [6, 6.07) is 7.94. The van der Waals surface area contributed by atoms with E-state index in [1.807, 2.05) is 29.2 Å². The largest absolute Gasteiger partial charge is 0.497 e. The molecule has 2 heterocycles. The van der Waals surface area contributed by atoms with E-state index in [1.165, 1.54) is 0 Å². The molecule has 6 nitrogen and oxygen atoms in total. The normalized spacial score (nSPS) is 27.1. The van der Waals surface area contributed by atoms with Gasteiger partial charge in [-0.2, -0.15) is 0 Å². The first kappa shape index (κ1) is 18.1. The standard InChI is InChI=1S/C21H28N2O4/c1-22-14-20(27-19(22)25)10-5-13-23(15-20)18(24)21(11-3-4-12-21)16-6-8-17(26-2)9-7-16/h6-9H,3-5,10-15H2,1-2H3/t20-/m1/s1. The van der Waals surface area contributed by atoms with E-state index >= 15 is 0 Å². The zero-order valence-electron chi connectivity index (χ0n) is 16.2. The highest BCUT2D eigenvalue weighted by Gasteiger charge is 2.51. The minimum Gasteiger partial charge on any atom is -0.497 e. The van der Waals surface area contributed by atoms with Crippen LogP contribution >= 0.6 is 0 Å². The minimum absolute atomic E-state index is 0.190. The van der Waals surface area contributed by atoms with Crippen molar-refractivity contribution < 1.29 is 19.1 Å². The first-order chi connectivity index (χ1) is 13.0. The van der Waals surface area contributed by atoms with Crippen LogP contribution in [0.25, 0.3) is 0 Å². The van der Waals surface area contributed by atoms with Gasteiger partial charge in [-0.05, 0) is 43.4 Å². The number of methoxy groups -OCH3 is 1. The summed E-state index contributed by atoms with van der Waals surface area (Å²) in [5.41, 5.74) is 0.0737. The Labute approximate surface area is 160 Å². The third-order valence-electron chi connectivity index (χ3n) is 6.48. The Hall–Kier alpha value is -2.24. The van der Waals surface area contributed by atoms with E-state index in [0.29, 0.717) is 13.1 Å². The lowest BCUT2D eigenvalue weighted by molar-refractivity contribution is -0.143. The molecule has 1 aromatic rings. The van der Waals surface area contributed by atoms with E-state index in [1.54, 1.807) is 19.1 Å². The molecule has 1 aromatic carbocycles. The van der Waals surface area contributed by atoms with E-state index in [-0.39, 0.29) is 12.0 Å². The molecule has 3 aliphatic rings. The molecule has 0 bridgehead atoms. The topological polar surface area (TPSA) is 59.1 Å². The predicted molar refractivity (Wildman–Crippen MR) is 101 cm³/mol. The van der Waals surface area contributed by atoms with Crippen molar-refractivity contribution in [1.29, 1.82) is 0 Å². The Morgan fingerprint density at radius 2 is 1.78 bits per heavy atom. The lowest BCUT2D eigenvalue weighted by atomic mass is 9.76. The summed E-state index contributed by atoms with van der Waals surface area (Å²) < 4.78 is 11.0. The van der Waals surface area contributed by atoms with Gasteiger partial charge in [-0.15, -0.1) is 0 Å². The van der Waals surface area contributed by atoms with Crippen LogP contribution in [0.5, 0.6) is 5.75 Å². The van der Waals surface area contributed by atoms with Crippen molar-refractivity contribution in [3.05, 3.63) is 29.8 Å². The maximum Gasteiger partial charge on any atom is 0.410 e. The SMILES string of the molecule is COc1ccc(C2(C(=O)N3CCC[C@@]4(CN(C)C(=O)O4)C3)CCCC2)cc1. The maximum absolute atomic E-state index is 13.7.